The Bertz CT molecular complexity index is 405. The van der Waals surface area contributed by atoms with Gasteiger partial charge in [-0.3, -0.25) is 0 Å². The van der Waals surface area contributed by atoms with Gasteiger partial charge in [0.2, 0.25) is 0 Å². The van der Waals surface area contributed by atoms with Gasteiger partial charge in [0.1, 0.15) is 0 Å². The number of imidazole rings is 1. The number of aromatic amines is 1. The summed E-state index contributed by atoms with van der Waals surface area (Å²) in [5.41, 5.74) is 0. The van der Waals surface area contributed by atoms with Crippen LogP contribution in [0.5, 0.6) is 0 Å². The highest BCUT2D eigenvalue weighted by Gasteiger charge is 2.21. The lowest BCUT2D eigenvalue weighted by atomic mass is 10.1. The van der Waals surface area contributed by atoms with Gasteiger partial charge in [-0.15, -0.1) is 0 Å². The summed E-state index contributed by atoms with van der Waals surface area (Å²) < 4.78 is 26.5. The van der Waals surface area contributed by atoms with Gasteiger partial charge in [-0.05, 0) is 12.8 Å². The standard InChI is InChI=1S/C10H17N3O2S/c14-16(15,10-7-11-8-12-10)13-9-5-3-1-2-4-6-9/h7-9,13H,1-6H2,(H,11,12). The highest BCUT2D eigenvalue weighted by Crippen LogP contribution is 2.18. The third-order valence-electron chi connectivity index (χ3n) is 2.94. The van der Waals surface area contributed by atoms with Crippen molar-refractivity contribution >= 4 is 10.0 Å². The molecule has 1 aromatic heterocycles. The van der Waals surface area contributed by atoms with Gasteiger partial charge in [0, 0.05) is 6.04 Å². The summed E-state index contributed by atoms with van der Waals surface area (Å²) in [5.74, 6) is 0. The van der Waals surface area contributed by atoms with E-state index in [0.29, 0.717) is 0 Å². The fourth-order valence-electron chi connectivity index (χ4n) is 2.07. The number of hydrogen-bond donors (Lipinski definition) is 2. The summed E-state index contributed by atoms with van der Waals surface area (Å²) in [6.07, 6.45) is 9.22. The molecule has 2 rings (SSSR count). The summed E-state index contributed by atoms with van der Waals surface area (Å²) in [6, 6.07) is 0.0794. The first kappa shape index (κ1) is 11.6. The molecule has 1 heterocycles. The largest absolute Gasteiger partial charge is 0.335 e. The predicted molar refractivity (Wildman–Crippen MR) is 60.4 cm³/mol. The molecule has 0 aliphatic heterocycles. The fraction of sp³-hybridized carbons (Fsp3) is 0.700. The average molecular weight is 243 g/mol. The Morgan fingerprint density at radius 2 is 1.94 bits per heavy atom. The van der Waals surface area contributed by atoms with Crippen LogP contribution in [0.4, 0.5) is 0 Å². The zero-order valence-electron chi connectivity index (χ0n) is 9.15. The molecular formula is C10H17N3O2S. The van der Waals surface area contributed by atoms with Crippen molar-refractivity contribution in [3.63, 3.8) is 0 Å². The molecule has 1 aromatic rings. The van der Waals surface area contributed by atoms with E-state index in [1.165, 1.54) is 25.4 Å². The van der Waals surface area contributed by atoms with Gasteiger partial charge >= 0.3 is 0 Å². The van der Waals surface area contributed by atoms with E-state index in [4.69, 9.17) is 0 Å². The van der Waals surface area contributed by atoms with Crippen molar-refractivity contribution in [1.82, 2.24) is 14.7 Å². The Kier molecular flexibility index (Phi) is 3.60. The first-order chi connectivity index (χ1) is 7.68. The van der Waals surface area contributed by atoms with Crippen LogP contribution in [-0.4, -0.2) is 24.4 Å². The van der Waals surface area contributed by atoms with Gasteiger partial charge in [0.25, 0.3) is 10.0 Å². The molecule has 1 aliphatic rings. The lowest BCUT2D eigenvalue weighted by Crippen LogP contribution is -2.34. The second-order valence-corrected chi connectivity index (χ2v) is 5.91. The summed E-state index contributed by atoms with van der Waals surface area (Å²) >= 11 is 0. The SMILES string of the molecule is O=S(=O)(NC1CCCCCC1)c1cnc[nH]1. The van der Waals surface area contributed by atoms with Gasteiger partial charge < -0.3 is 4.98 Å². The van der Waals surface area contributed by atoms with E-state index in [2.05, 4.69) is 14.7 Å². The first-order valence-electron chi connectivity index (χ1n) is 5.69. The Balaban J connectivity index is 2.03. The van der Waals surface area contributed by atoms with Crippen molar-refractivity contribution in [3.8, 4) is 0 Å². The summed E-state index contributed by atoms with van der Waals surface area (Å²) in [4.78, 5) is 6.35. The molecule has 0 radical (unpaired) electrons. The maximum absolute atomic E-state index is 11.9. The normalized spacial score (nSPS) is 19.5. The fourth-order valence-corrected chi connectivity index (χ4v) is 3.28. The van der Waals surface area contributed by atoms with E-state index in [-0.39, 0.29) is 11.1 Å². The third-order valence-corrected chi connectivity index (χ3v) is 4.39. The van der Waals surface area contributed by atoms with Crippen LogP contribution in [-0.2, 0) is 10.0 Å². The second-order valence-electron chi connectivity index (χ2n) is 4.23. The Morgan fingerprint density at radius 1 is 1.25 bits per heavy atom. The molecule has 1 fully saturated rings. The molecule has 16 heavy (non-hydrogen) atoms. The van der Waals surface area contributed by atoms with E-state index in [1.807, 2.05) is 0 Å². The highest BCUT2D eigenvalue weighted by atomic mass is 32.2. The molecule has 0 unspecified atom stereocenters. The van der Waals surface area contributed by atoms with Gasteiger partial charge in [-0.2, -0.15) is 0 Å². The van der Waals surface area contributed by atoms with Gasteiger partial charge in [-0.1, -0.05) is 25.7 Å². The molecule has 0 atom stereocenters. The van der Waals surface area contributed by atoms with Crippen molar-refractivity contribution in [2.75, 3.05) is 0 Å². The molecule has 0 spiro atoms. The highest BCUT2D eigenvalue weighted by molar-refractivity contribution is 7.89. The number of nitrogens with one attached hydrogen (secondary N) is 2. The second kappa shape index (κ2) is 4.97. The number of aromatic nitrogens is 2. The van der Waals surface area contributed by atoms with Crippen molar-refractivity contribution in [3.05, 3.63) is 12.5 Å². The van der Waals surface area contributed by atoms with Crippen LogP contribution < -0.4 is 4.72 Å². The molecular weight excluding hydrogens is 226 g/mol. The number of hydrogen-bond acceptors (Lipinski definition) is 3. The van der Waals surface area contributed by atoms with Crippen molar-refractivity contribution in [1.29, 1.82) is 0 Å². The Hall–Kier alpha value is -0.880. The van der Waals surface area contributed by atoms with Crippen LogP contribution in [0.1, 0.15) is 38.5 Å². The van der Waals surface area contributed by atoms with Crippen molar-refractivity contribution < 1.29 is 8.42 Å². The molecule has 0 amide bonds. The topological polar surface area (TPSA) is 74.8 Å². The van der Waals surface area contributed by atoms with E-state index in [1.54, 1.807) is 0 Å². The molecule has 6 heteroatoms. The van der Waals surface area contributed by atoms with E-state index in [9.17, 15) is 8.42 Å². The molecule has 90 valence electrons. The number of sulfonamides is 1. The monoisotopic (exact) mass is 243 g/mol. The van der Waals surface area contributed by atoms with Crippen LogP contribution in [0.25, 0.3) is 0 Å². The lowest BCUT2D eigenvalue weighted by molar-refractivity contribution is 0.508. The zero-order chi connectivity index (χ0) is 11.4. The third kappa shape index (κ3) is 2.82. The first-order valence-corrected chi connectivity index (χ1v) is 7.17. The van der Waals surface area contributed by atoms with Crippen LogP contribution in [0.15, 0.2) is 17.6 Å². The van der Waals surface area contributed by atoms with Crippen LogP contribution in [0.3, 0.4) is 0 Å². The van der Waals surface area contributed by atoms with E-state index < -0.39 is 10.0 Å². The molecule has 0 saturated heterocycles. The number of H-pyrrole nitrogens is 1. The van der Waals surface area contributed by atoms with E-state index in [0.717, 1.165) is 25.7 Å². The quantitative estimate of drug-likeness (QED) is 0.788. The van der Waals surface area contributed by atoms with E-state index >= 15 is 0 Å². The van der Waals surface area contributed by atoms with Gasteiger partial charge in [-0.25, -0.2) is 18.1 Å². The zero-order valence-corrected chi connectivity index (χ0v) is 9.96. The van der Waals surface area contributed by atoms with Gasteiger partial charge in [0.05, 0.1) is 12.5 Å². The van der Waals surface area contributed by atoms with Crippen LogP contribution in [0, 0.1) is 0 Å². The Labute approximate surface area is 95.7 Å². The molecule has 0 aromatic carbocycles. The summed E-state index contributed by atoms with van der Waals surface area (Å²) in [5, 5.41) is 0.150. The minimum atomic E-state index is -3.40. The lowest BCUT2D eigenvalue weighted by Gasteiger charge is -2.15. The molecule has 1 saturated carbocycles. The number of nitrogens with zero attached hydrogens (tertiary/aromatic N) is 1. The maximum Gasteiger partial charge on any atom is 0.257 e. The minimum absolute atomic E-state index is 0.0794. The van der Waals surface area contributed by atoms with Crippen molar-refractivity contribution in [2.24, 2.45) is 0 Å². The van der Waals surface area contributed by atoms with Gasteiger partial charge in [0.15, 0.2) is 5.03 Å². The van der Waals surface area contributed by atoms with Crippen LogP contribution >= 0.6 is 0 Å². The summed E-state index contributed by atoms with van der Waals surface area (Å²) in [7, 11) is -3.40. The smallest absolute Gasteiger partial charge is 0.257 e. The van der Waals surface area contributed by atoms with Crippen LogP contribution in [0.2, 0.25) is 0 Å². The molecule has 5 nitrogen and oxygen atoms in total. The minimum Gasteiger partial charge on any atom is -0.335 e. The molecule has 2 N–H and O–H groups in total. The Morgan fingerprint density at radius 3 is 2.50 bits per heavy atom. The predicted octanol–water partition coefficient (Wildman–Crippen LogP) is 1.41. The number of rotatable bonds is 3. The van der Waals surface area contributed by atoms with Crippen molar-refractivity contribution in [2.45, 2.75) is 49.6 Å². The summed E-state index contributed by atoms with van der Waals surface area (Å²) in [6.45, 7) is 0. The maximum atomic E-state index is 11.9. The average Bonchev–Trinajstić information content (AvgIpc) is 2.67. The molecule has 0 bridgehead atoms. The molecule has 1 aliphatic carbocycles.